The van der Waals surface area contributed by atoms with E-state index in [1.807, 2.05) is 121 Å². The van der Waals surface area contributed by atoms with Crippen molar-refractivity contribution in [1.29, 1.82) is 0 Å². The number of nitrogens with one attached hydrogen (secondary N) is 6. The molecule has 508 valence electrons. The molecule has 0 bridgehead atoms. The standard InChI is InChI=1S/C72H82N6O18/c1-86-68(81)59-44-64(91-34-14-28-73-66(79)57-40-60(87-36-16-30-75-69(82)93-49-53-20-6-2-7-21-53)46-61(41-57)88-37-17-31-76-70(83)94-50-54-22-8-3-9-23-54)48-65(45-59)92-35-15-29-74-67(80)58-42-62(89-38-18-32-77-71(84)95-51-55-24-10-4-11-25-55)47-63(43-58)90-39-19-33-78-72(85)96-52-56-26-12-5-13-27-56/h2-13,20-27,40-48H,14-19,28-39,49-52H2,1H3,(H,73,79)(H,74,80)(H,75,82)(H,76,83)(H,77,84)(H,78,85). The normalized spacial score (nSPS) is 10.5. The lowest BCUT2D eigenvalue weighted by Gasteiger charge is -2.14. The van der Waals surface area contributed by atoms with Gasteiger partial charge in [0.25, 0.3) is 11.8 Å². The van der Waals surface area contributed by atoms with E-state index in [2.05, 4.69) is 31.9 Å². The first-order valence-electron chi connectivity index (χ1n) is 31.6. The molecule has 96 heavy (non-hydrogen) atoms. The van der Waals surface area contributed by atoms with E-state index in [1.54, 1.807) is 42.5 Å². The van der Waals surface area contributed by atoms with Crippen LogP contribution in [0.2, 0.25) is 0 Å². The van der Waals surface area contributed by atoms with E-state index in [0.717, 1.165) is 22.3 Å². The Morgan fingerprint density at radius 2 is 0.500 bits per heavy atom. The van der Waals surface area contributed by atoms with Crippen molar-refractivity contribution in [2.24, 2.45) is 0 Å². The quantitative estimate of drug-likeness (QED) is 0.0118. The number of alkyl carbamates (subject to hydrolysis) is 4. The van der Waals surface area contributed by atoms with Crippen LogP contribution in [0.25, 0.3) is 0 Å². The summed E-state index contributed by atoms with van der Waals surface area (Å²) in [6.07, 6.45) is 0.230. The number of ether oxygens (including phenoxy) is 11. The Balaban J connectivity index is 0.855. The summed E-state index contributed by atoms with van der Waals surface area (Å²) in [4.78, 5) is 89.0. The maximum Gasteiger partial charge on any atom is 0.407 e. The highest BCUT2D eigenvalue weighted by molar-refractivity contribution is 5.95. The Morgan fingerprint density at radius 3 is 0.729 bits per heavy atom. The van der Waals surface area contributed by atoms with Crippen LogP contribution in [0.5, 0.6) is 34.5 Å². The summed E-state index contributed by atoms with van der Waals surface area (Å²) in [5, 5.41) is 16.6. The number of carbonyl (C=O) groups is 7. The third-order valence-electron chi connectivity index (χ3n) is 13.6. The fourth-order valence-corrected chi connectivity index (χ4v) is 8.75. The second-order valence-electron chi connectivity index (χ2n) is 21.2. The zero-order valence-electron chi connectivity index (χ0n) is 53.6. The first kappa shape index (κ1) is 72.3. The Labute approximate surface area is 557 Å². The lowest BCUT2D eigenvalue weighted by atomic mass is 10.2. The fraction of sp³-hybridized carbons (Fsp3) is 0.319. The van der Waals surface area contributed by atoms with Crippen molar-refractivity contribution in [3.05, 3.63) is 215 Å². The average molecular weight is 1320 g/mol. The Kier molecular flexibility index (Phi) is 31.7. The third kappa shape index (κ3) is 28.8. The topological polar surface area (TPSA) is 293 Å². The molecule has 0 heterocycles. The molecule has 24 nitrogen and oxygen atoms in total. The maximum atomic E-state index is 13.6. The molecule has 6 N–H and O–H groups in total. The van der Waals surface area contributed by atoms with Gasteiger partial charge in [-0.2, -0.15) is 0 Å². The second kappa shape index (κ2) is 42.1. The molecule has 0 aliphatic rings. The number of esters is 1. The van der Waals surface area contributed by atoms with Gasteiger partial charge in [-0.1, -0.05) is 121 Å². The van der Waals surface area contributed by atoms with Crippen LogP contribution in [0, 0.1) is 0 Å². The molecule has 0 spiro atoms. The van der Waals surface area contributed by atoms with Crippen LogP contribution in [-0.4, -0.2) is 128 Å². The van der Waals surface area contributed by atoms with Crippen molar-refractivity contribution in [3.63, 3.8) is 0 Å². The van der Waals surface area contributed by atoms with Gasteiger partial charge in [-0.15, -0.1) is 0 Å². The number of amides is 6. The minimum atomic E-state index is -0.618. The number of methoxy groups -OCH3 is 1. The van der Waals surface area contributed by atoms with Crippen molar-refractivity contribution < 1.29 is 85.7 Å². The predicted octanol–water partition coefficient (Wildman–Crippen LogP) is 10.7. The molecular formula is C72H82N6O18. The Morgan fingerprint density at radius 1 is 0.281 bits per heavy atom. The van der Waals surface area contributed by atoms with Crippen LogP contribution in [0.4, 0.5) is 19.2 Å². The van der Waals surface area contributed by atoms with E-state index >= 15 is 0 Å². The summed E-state index contributed by atoms with van der Waals surface area (Å²) in [6, 6.07) is 51.6. The molecule has 0 aromatic heterocycles. The molecule has 7 rings (SSSR count). The number of carbonyl (C=O) groups excluding carboxylic acids is 7. The van der Waals surface area contributed by atoms with Gasteiger partial charge in [-0.3, -0.25) is 9.59 Å². The molecule has 0 unspecified atom stereocenters. The van der Waals surface area contributed by atoms with E-state index in [4.69, 9.17) is 52.1 Å². The van der Waals surface area contributed by atoms with Crippen molar-refractivity contribution >= 4 is 42.2 Å². The maximum absolute atomic E-state index is 13.6. The summed E-state index contributed by atoms with van der Waals surface area (Å²) < 4.78 is 62.2. The molecule has 0 saturated carbocycles. The molecule has 6 amide bonds. The first-order valence-corrected chi connectivity index (χ1v) is 31.6. The van der Waals surface area contributed by atoms with Gasteiger partial charge in [0.2, 0.25) is 0 Å². The van der Waals surface area contributed by atoms with Gasteiger partial charge < -0.3 is 84.0 Å². The van der Waals surface area contributed by atoms with Gasteiger partial charge in [0.15, 0.2) is 0 Å². The third-order valence-corrected chi connectivity index (χ3v) is 13.6. The first-order chi connectivity index (χ1) is 46.9. The van der Waals surface area contributed by atoms with Gasteiger partial charge >= 0.3 is 30.3 Å². The van der Waals surface area contributed by atoms with Gasteiger partial charge in [-0.25, -0.2) is 24.0 Å². The molecule has 0 atom stereocenters. The van der Waals surface area contributed by atoms with Crippen molar-refractivity contribution in [1.82, 2.24) is 31.9 Å². The van der Waals surface area contributed by atoms with Crippen LogP contribution in [0.3, 0.4) is 0 Å². The van der Waals surface area contributed by atoms with Gasteiger partial charge in [0.05, 0.1) is 52.3 Å². The van der Waals surface area contributed by atoms with Crippen LogP contribution >= 0.6 is 0 Å². The summed E-state index contributed by atoms with van der Waals surface area (Å²) >= 11 is 0. The van der Waals surface area contributed by atoms with E-state index in [-0.39, 0.29) is 122 Å². The predicted molar refractivity (Wildman–Crippen MR) is 355 cm³/mol. The minimum Gasteiger partial charge on any atom is -0.493 e. The van der Waals surface area contributed by atoms with Gasteiger partial charge in [0.1, 0.15) is 60.9 Å². The molecule has 0 saturated heterocycles. The summed E-state index contributed by atoms with van der Waals surface area (Å²) in [5.41, 5.74) is 4.15. The smallest absolute Gasteiger partial charge is 0.407 e. The van der Waals surface area contributed by atoms with E-state index in [9.17, 15) is 33.6 Å². The van der Waals surface area contributed by atoms with Crippen molar-refractivity contribution in [2.45, 2.75) is 65.0 Å². The number of benzene rings is 7. The van der Waals surface area contributed by atoms with E-state index in [1.165, 1.54) is 19.2 Å². The molecular weight excluding hydrogens is 1240 g/mol. The molecule has 7 aromatic carbocycles. The van der Waals surface area contributed by atoms with E-state index < -0.39 is 42.2 Å². The van der Waals surface area contributed by atoms with Gasteiger partial charge in [0, 0.05) is 68.6 Å². The van der Waals surface area contributed by atoms with Crippen molar-refractivity contribution in [2.75, 3.05) is 86.0 Å². The van der Waals surface area contributed by atoms with Crippen molar-refractivity contribution in [3.8, 4) is 34.5 Å². The van der Waals surface area contributed by atoms with E-state index in [0.29, 0.717) is 73.0 Å². The van der Waals surface area contributed by atoms with Crippen LogP contribution in [0.1, 0.15) is 91.9 Å². The SMILES string of the molecule is COC(=O)c1cc(OCCCNC(=O)c2cc(OCCCNC(=O)OCc3ccccc3)cc(OCCCNC(=O)OCc3ccccc3)c2)cc(OCCCNC(=O)c2cc(OCCCNC(=O)OCc3ccccc3)cc(OCCCNC(=O)OCc3ccccc3)c2)c1. The van der Waals surface area contributed by atoms with Gasteiger partial charge in [-0.05, 0) is 97.2 Å². The summed E-state index contributed by atoms with van der Waals surface area (Å²) in [6.45, 7) is 3.14. The highest BCUT2D eigenvalue weighted by atomic mass is 16.6. The highest BCUT2D eigenvalue weighted by Gasteiger charge is 2.16. The molecule has 0 aliphatic heterocycles. The second-order valence-corrected chi connectivity index (χ2v) is 21.2. The Bertz CT molecular complexity index is 3130. The number of rotatable bonds is 41. The number of hydrogen-bond acceptors (Lipinski definition) is 18. The largest absolute Gasteiger partial charge is 0.493 e. The fourth-order valence-electron chi connectivity index (χ4n) is 8.75. The lowest BCUT2D eigenvalue weighted by molar-refractivity contribution is 0.0598. The lowest BCUT2D eigenvalue weighted by Crippen LogP contribution is -2.26. The monoisotopic (exact) mass is 1320 g/mol. The summed E-state index contributed by atoms with van der Waals surface area (Å²) in [7, 11) is 1.26. The van der Waals surface area contributed by atoms with Crippen LogP contribution < -0.4 is 60.3 Å². The molecule has 0 aliphatic carbocycles. The average Bonchev–Trinajstić information content (AvgIpc) is 1.11. The molecule has 0 fully saturated rings. The Hall–Kier alpha value is -11.2. The van der Waals surface area contributed by atoms with Crippen LogP contribution in [-0.2, 0) is 50.1 Å². The zero-order valence-corrected chi connectivity index (χ0v) is 53.6. The molecule has 7 aromatic rings. The zero-order chi connectivity index (χ0) is 67.6. The molecule has 0 radical (unpaired) electrons. The highest BCUT2D eigenvalue weighted by Crippen LogP contribution is 2.27. The molecule has 24 heteroatoms. The number of hydrogen-bond donors (Lipinski definition) is 6. The van der Waals surface area contributed by atoms with Crippen LogP contribution in [0.15, 0.2) is 176 Å². The minimum absolute atomic E-state index is 0.137. The summed E-state index contributed by atoms with van der Waals surface area (Å²) in [5.74, 6) is 0.614.